The smallest absolute Gasteiger partial charge is 0.160 e. The fraction of sp³-hybridized carbons (Fsp3) is 0.647. The van der Waals surface area contributed by atoms with Crippen molar-refractivity contribution in [3.05, 3.63) is 23.7 Å². The van der Waals surface area contributed by atoms with E-state index >= 15 is 0 Å². The van der Waals surface area contributed by atoms with Gasteiger partial charge in [0.25, 0.3) is 0 Å². The van der Waals surface area contributed by atoms with E-state index in [0.29, 0.717) is 6.04 Å². The molecule has 114 valence electrons. The first-order chi connectivity index (χ1) is 10.1. The summed E-state index contributed by atoms with van der Waals surface area (Å²) in [5.74, 6) is 1.81. The number of hydrogen-bond acceptors (Lipinski definition) is 2. The number of alkyl halides is 1. The lowest BCUT2D eigenvalue weighted by atomic mass is 10.0. The second kappa shape index (κ2) is 5.96. The van der Waals surface area contributed by atoms with Crippen molar-refractivity contribution in [2.45, 2.75) is 64.3 Å². The molecule has 0 spiro atoms. The first-order valence-electron chi connectivity index (χ1n) is 8.05. The predicted octanol–water partition coefficient (Wildman–Crippen LogP) is 5.18. The SMILES string of the molecule is Cc1cnc2c(c1)nc(C(C)Cl)n2C1CCCC(C)CC1. The molecule has 0 N–H and O–H groups in total. The molecule has 21 heavy (non-hydrogen) atoms. The van der Waals surface area contributed by atoms with Crippen LogP contribution in [0, 0.1) is 12.8 Å². The van der Waals surface area contributed by atoms with Crippen LogP contribution in [0.3, 0.4) is 0 Å². The lowest BCUT2D eigenvalue weighted by Gasteiger charge is -2.20. The first-order valence-corrected chi connectivity index (χ1v) is 8.48. The zero-order valence-corrected chi connectivity index (χ0v) is 13.9. The minimum atomic E-state index is -0.0832. The van der Waals surface area contributed by atoms with Gasteiger partial charge in [-0.25, -0.2) is 9.97 Å². The van der Waals surface area contributed by atoms with Gasteiger partial charge >= 0.3 is 0 Å². The number of imidazole rings is 1. The topological polar surface area (TPSA) is 30.7 Å². The normalized spacial score (nSPS) is 25.0. The number of nitrogens with zero attached hydrogens (tertiary/aromatic N) is 3. The quantitative estimate of drug-likeness (QED) is 0.565. The van der Waals surface area contributed by atoms with Gasteiger partial charge in [-0.2, -0.15) is 0 Å². The van der Waals surface area contributed by atoms with E-state index in [1.807, 2.05) is 13.1 Å². The summed E-state index contributed by atoms with van der Waals surface area (Å²) in [4.78, 5) is 9.42. The molecule has 0 aliphatic heterocycles. The highest BCUT2D eigenvalue weighted by Gasteiger charge is 2.24. The predicted molar refractivity (Wildman–Crippen MR) is 87.8 cm³/mol. The number of aryl methyl sites for hydroxylation is 1. The molecule has 3 atom stereocenters. The van der Waals surface area contributed by atoms with Crippen molar-refractivity contribution >= 4 is 22.8 Å². The number of fused-ring (bicyclic) bond motifs is 1. The minimum absolute atomic E-state index is 0.0832. The molecule has 0 aromatic carbocycles. The van der Waals surface area contributed by atoms with Crippen LogP contribution in [0.25, 0.3) is 11.2 Å². The Morgan fingerprint density at radius 2 is 2.10 bits per heavy atom. The maximum atomic E-state index is 6.40. The maximum Gasteiger partial charge on any atom is 0.160 e. The summed E-state index contributed by atoms with van der Waals surface area (Å²) in [7, 11) is 0. The molecule has 2 aromatic heterocycles. The van der Waals surface area contributed by atoms with E-state index in [1.54, 1.807) is 0 Å². The number of hydrogen-bond donors (Lipinski definition) is 0. The van der Waals surface area contributed by atoms with Crippen molar-refractivity contribution in [3.63, 3.8) is 0 Å². The van der Waals surface area contributed by atoms with Crippen LogP contribution in [0.4, 0.5) is 0 Å². The molecule has 3 unspecified atom stereocenters. The van der Waals surface area contributed by atoms with Gasteiger partial charge in [0.15, 0.2) is 5.65 Å². The van der Waals surface area contributed by atoms with E-state index in [4.69, 9.17) is 16.6 Å². The van der Waals surface area contributed by atoms with Crippen molar-refractivity contribution in [1.82, 2.24) is 14.5 Å². The monoisotopic (exact) mass is 305 g/mol. The van der Waals surface area contributed by atoms with E-state index in [-0.39, 0.29) is 5.38 Å². The largest absolute Gasteiger partial charge is 0.308 e. The molecule has 0 bridgehead atoms. The van der Waals surface area contributed by atoms with Crippen molar-refractivity contribution < 1.29 is 0 Å². The van der Waals surface area contributed by atoms with Crippen molar-refractivity contribution in [1.29, 1.82) is 0 Å². The third-order valence-corrected chi connectivity index (χ3v) is 4.84. The third kappa shape index (κ3) is 2.94. The number of halogens is 1. The van der Waals surface area contributed by atoms with Gasteiger partial charge in [-0.15, -0.1) is 11.6 Å². The van der Waals surface area contributed by atoms with Gasteiger partial charge in [-0.1, -0.05) is 19.8 Å². The van der Waals surface area contributed by atoms with Gasteiger partial charge in [0, 0.05) is 12.2 Å². The lowest BCUT2D eigenvalue weighted by molar-refractivity contribution is 0.428. The second-order valence-electron chi connectivity index (χ2n) is 6.58. The fourth-order valence-electron chi connectivity index (χ4n) is 3.47. The molecule has 2 aromatic rings. The Morgan fingerprint density at radius 3 is 2.86 bits per heavy atom. The molecule has 0 amide bonds. The third-order valence-electron chi connectivity index (χ3n) is 4.64. The molecule has 3 nitrogen and oxygen atoms in total. The average molecular weight is 306 g/mol. The van der Waals surface area contributed by atoms with Gasteiger partial charge in [0.05, 0.1) is 5.38 Å². The Labute approximate surface area is 131 Å². The van der Waals surface area contributed by atoms with Crippen LogP contribution in [0.2, 0.25) is 0 Å². The van der Waals surface area contributed by atoms with Gasteiger partial charge in [0.1, 0.15) is 11.3 Å². The van der Waals surface area contributed by atoms with Gasteiger partial charge in [-0.05, 0) is 50.7 Å². The van der Waals surface area contributed by atoms with Crippen molar-refractivity contribution in [2.24, 2.45) is 5.92 Å². The molecule has 1 aliphatic rings. The molecule has 0 radical (unpaired) electrons. The molecule has 4 heteroatoms. The highest BCUT2D eigenvalue weighted by atomic mass is 35.5. The van der Waals surface area contributed by atoms with Gasteiger partial charge in [0.2, 0.25) is 0 Å². The zero-order chi connectivity index (χ0) is 15.0. The van der Waals surface area contributed by atoms with Crippen LogP contribution in [0.15, 0.2) is 12.3 Å². The highest BCUT2D eigenvalue weighted by Crippen LogP contribution is 2.35. The Bertz CT molecular complexity index is 632. The van der Waals surface area contributed by atoms with E-state index in [0.717, 1.165) is 28.5 Å². The van der Waals surface area contributed by atoms with Crippen molar-refractivity contribution in [3.8, 4) is 0 Å². The van der Waals surface area contributed by atoms with Crippen LogP contribution < -0.4 is 0 Å². The molecular formula is C17H24ClN3. The van der Waals surface area contributed by atoms with Crippen LogP contribution in [-0.4, -0.2) is 14.5 Å². The molecular weight excluding hydrogens is 282 g/mol. The number of rotatable bonds is 2. The van der Waals surface area contributed by atoms with Crippen LogP contribution in [0.5, 0.6) is 0 Å². The number of aromatic nitrogens is 3. The molecule has 1 aliphatic carbocycles. The van der Waals surface area contributed by atoms with Gasteiger partial charge in [-0.3, -0.25) is 0 Å². The maximum absolute atomic E-state index is 6.40. The summed E-state index contributed by atoms with van der Waals surface area (Å²) >= 11 is 6.40. The Hall–Kier alpha value is -1.09. The van der Waals surface area contributed by atoms with E-state index < -0.39 is 0 Å². The van der Waals surface area contributed by atoms with E-state index in [9.17, 15) is 0 Å². The van der Waals surface area contributed by atoms with E-state index in [2.05, 4.69) is 29.5 Å². The number of pyridine rings is 1. The molecule has 3 rings (SSSR count). The second-order valence-corrected chi connectivity index (χ2v) is 7.23. The van der Waals surface area contributed by atoms with E-state index in [1.165, 1.54) is 32.1 Å². The summed E-state index contributed by atoms with van der Waals surface area (Å²) < 4.78 is 2.32. The Kier molecular flexibility index (Phi) is 4.21. The molecule has 1 fully saturated rings. The van der Waals surface area contributed by atoms with Gasteiger partial charge < -0.3 is 4.57 Å². The molecule has 2 heterocycles. The summed E-state index contributed by atoms with van der Waals surface area (Å²) in [5, 5.41) is -0.0832. The molecule has 1 saturated carbocycles. The minimum Gasteiger partial charge on any atom is -0.308 e. The average Bonchev–Trinajstić information content (AvgIpc) is 2.68. The van der Waals surface area contributed by atoms with Crippen LogP contribution in [-0.2, 0) is 0 Å². The Balaban J connectivity index is 2.08. The summed E-state index contributed by atoms with van der Waals surface area (Å²) in [6, 6.07) is 2.60. The summed E-state index contributed by atoms with van der Waals surface area (Å²) in [5.41, 5.74) is 3.13. The summed E-state index contributed by atoms with van der Waals surface area (Å²) in [6.45, 7) is 6.43. The first kappa shape index (κ1) is 14.8. The van der Waals surface area contributed by atoms with Crippen LogP contribution in [0.1, 0.15) is 68.8 Å². The van der Waals surface area contributed by atoms with Crippen LogP contribution >= 0.6 is 11.6 Å². The molecule has 0 saturated heterocycles. The zero-order valence-electron chi connectivity index (χ0n) is 13.1. The summed E-state index contributed by atoms with van der Waals surface area (Å²) in [6.07, 6.45) is 8.25. The van der Waals surface area contributed by atoms with Crippen molar-refractivity contribution in [2.75, 3.05) is 0 Å². The Morgan fingerprint density at radius 1 is 1.29 bits per heavy atom. The standard InChI is InChI=1S/C17H24ClN3/c1-11-5-4-6-14(8-7-11)21-16(13(3)18)20-15-9-12(2)10-19-17(15)21/h9-11,13-14H,4-8H2,1-3H3. The fourth-order valence-corrected chi connectivity index (χ4v) is 3.62. The highest BCUT2D eigenvalue weighted by molar-refractivity contribution is 6.20. The lowest BCUT2D eigenvalue weighted by Crippen LogP contribution is -2.13.